The maximum atomic E-state index is 13.1. The predicted molar refractivity (Wildman–Crippen MR) is 72.0 cm³/mol. The smallest absolute Gasteiger partial charge is 0.254 e. The van der Waals surface area contributed by atoms with E-state index in [0.717, 1.165) is 0 Å². The lowest BCUT2D eigenvalue weighted by atomic mass is 10.0. The largest absolute Gasteiger partial charge is 0.360 e. The SMILES string of the molecule is Cc1cc(NC(=O)CN(C)CC2CC3C(C2)C3(F)F)no1. The zero-order valence-corrected chi connectivity index (χ0v) is 12.1. The predicted octanol–water partition coefficient (Wildman–Crippen LogP) is 2.14. The summed E-state index contributed by atoms with van der Waals surface area (Å²) < 4.78 is 31.1. The van der Waals surface area contributed by atoms with Gasteiger partial charge < -0.3 is 9.84 Å². The summed E-state index contributed by atoms with van der Waals surface area (Å²) in [7, 11) is 1.83. The minimum atomic E-state index is -2.42. The number of amides is 1. The van der Waals surface area contributed by atoms with E-state index in [-0.39, 0.29) is 18.4 Å². The fraction of sp³-hybridized carbons (Fsp3) is 0.714. The van der Waals surface area contributed by atoms with Gasteiger partial charge in [-0.15, -0.1) is 0 Å². The van der Waals surface area contributed by atoms with Crippen LogP contribution in [0.5, 0.6) is 0 Å². The lowest BCUT2D eigenvalue weighted by molar-refractivity contribution is -0.117. The summed E-state index contributed by atoms with van der Waals surface area (Å²) in [5, 5.41) is 6.33. The van der Waals surface area contributed by atoms with E-state index in [1.807, 2.05) is 11.9 Å². The van der Waals surface area contributed by atoms with Crippen LogP contribution in [-0.2, 0) is 4.79 Å². The van der Waals surface area contributed by atoms with Crippen LogP contribution in [0.3, 0.4) is 0 Å². The maximum absolute atomic E-state index is 13.1. The van der Waals surface area contributed by atoms with Gasteiger partial charge in [-0.2, -0.15) is 0 Å². The van der Waals surface area contributed by atoms with Crippen molar-refractivity contribution in [1.29, 1.82) is 0 Å². The number of halogens is 2. The number of rotatable bonds is 5. The normalized spacial score (nSPS) is 29.5. The van der Waals surface area contributed by atoms with Gasteiger partial charge in [-0.1, -0.05) is 5.16 Å². The summed E-state index contributed by atoms with van der Waals surface area (Å²) in [5.41, 5.74) is 0. The highest BCUT2D eigenvalue weighted by molar-refractivity contribution is 5.91. The van der Waals surface area contributed by atoms with Crippen molar-refractivity contribution in [2.75, 3.05) is 25.5 Å². The topological polar surface area (TPSA) is 58.4 Å². The van der Waals surface area contributed by atoms with E-state index in [1.54, 1.807) is 13.0 Å². The molecule has 2 aliphatic rings. The van der Waals surface area contributed by atoms with Gasteiger partial charge in [0.25, 0.3) is 5.92 Å². The van der Waals surface area contributed by atoms with Crippen molar-refractivity contribution in [1.82, 2.24) is 10.1 Å². The average Bonchev–Trinajstić information content (AvgIpc) is 2.80. The van der Waals surface area contributed by atoms with Crippen molar-refractivity contribution in [3.63, 3.8) is 0 Å². The van der Waals surface area contributed by atoms with E-state index in [0.29, 0.717) is 31.0 Å². The molecule has 0 aliphatic heterocycles. The molecule has 7 heteroatoms. The zero-order chi connectivity index (χ0) is 15.2. The molecule has 21 heavy (non-hydrogen) atoms. The molecule has 2 aliphatic carbocycles. The van der Waals surface area contributed by atoms with Crippen LogP contribution in [-0.4, -0.2) is 42.0 Å². The number of aryl methyl sites for hydroxylation is 1. The number of carbonyl (C=O) groups excluding carboxylic acids is 1. The Morgan fingerprint density at radius 1 is 1.52 bits per heavy atom. The third-order valence-corrected chi connectivity index (χ3v) is 4.42. The molecule has 2 fully saturated rings. The number of anilines is 1. The van der Waals surface area contributed by atoms with Crippen LogP contribution in [0.25, 0.3) is 0 Å². The summed E-state index contributed by atoms with van der Waals surface area (Å²) >= 11 is 0. The van der Waals surface area contributed by atoms with Gasteiger partial charge in [0.05, 0.1) is 6.54 Å². The van der Waals surface area contributed by atoms with Gasteiger partial charge in [-0.25, -0.2) is 8.78 Å². The molecule has 0 aromatic carbocycles. The number of fused-ring (bicyclic) bond motifs is 1. The molecule has 1 aromatic heterocycles. The van der Waals surface area contributed by atoms with Crippen molar-refractivity contribution in [2.45, 2.75) is 25.7 Å². The molecular formula is C14H19F2N3O2. The highest BCUT2D eigenvalue weighted by Crippen LogP contribution is 2.65. The van der Waals surface area contributed by atoms with E-state index >= 15 is 0 Å². The molecule has 1 heterocycles. The van der Waals surface area contributed by atoms with Crippen molar-refractivity contribution < 1.29 is 18.1 Å². The second kappa shape index (κ2) is 5.05. The number of aromatic nitrogens is 1. The first-order chi connectivity index (χ1) is 9.86. The highest BCUT2D eigenvalue weighted by Gasteiger charge is 2.71. The Labute approximate surface area is 121 Å². The van der Waals surface area contributed by atoms with Gasteiger partial charge in [0.15, 0.2) is 5.82 Å². The fourth-order valence-electron chi connectivity index (χ4n) is 3.43. The van der Waals surface area contributed by atoms with Crippen molar-refractivity contribution in [3.8, 4) is 0 Å². The minimum Gasteiger partial charge on any atom is -0.360 e. The highest BCUT2D eigenvalue weighted by atomic mass is 19.3. The second-order valence-electron chi connectivity index (χ2n) is 6.29. The van der Waals surface area contributed by atoms with Crippen LogP contribution in [0, 0.1) is 24.7 Å². The average molecular weight is 299 g/mol. The van der Waals surface area contributed by atoms with Crippen LogP contribution in [0.2, 0.25) is 0 Å². The molecule has 0 bridgehead atoms. The van der Waals surface area contributed by atoms with E-state index in [4.69, 9.17) is 4.52 Å². The molecular weight excluding hydrogens is 280 g/mol. The summed E-state index contributed by atoms with van der Waals surface area (Å²) in [6.07, 6.45) is 1.15. The second-order valence-corrected chi connectivity index (χ2v) is 6.29. The van der Waals surface area contributed by atoms with Gasteiger partial charge in [0.1, 0.15) is 5.76 Å². The van der Waals surface area contributed by atoms with Gasteiger partial charge in [0, 0.05) is 24.4 Å². The van der Waals surface area contributed by atoms with Gasteiger partial charge >= 0.3 is 0 Å². The number of hydrogen-bond donors (Lipinski definition) is 1. The van der Waals surface area contributed by atoms with Crippen LogP contribution >= 0.6 is 0 Å². The Kier molecular flexibility index (Phi) is 3.47. The molecule has 2 atom stereocenters. The Morgan fingerprint density at radius 2 is 2.19 bits per heavy atom. The lowest BCUT2D eigenvalue weighted by Gasteiger charge is -2.21. The minimum absolute atomic E-state index is 0.181. The summed E-state index contributed by atoms with van der Waals surface area (Å²) in [5.74, 6) is -2.13. The molecule has 1 amide bonds. The number of carbonyl (C=O) groups is 1. The Hall–Kier alpha value is -1.50. The van der Waals surface area contributed by atoms with Gasteiger partial charge in [-0.3, -0.25) is 9.69 Å². The van der Waals surface area contributed by atoms with Gasteiger partial charge in [0.2, 0.25) is 5.91 Å². The van der Waals surface area contributed by atoms with Crippen LogP contribution in [0.15, 0.2) is 10.6 Å². The molecule has 2 unspecified atom stereocenters. The van der Waals surface area contributed by atoms with E-state index in [2.05, 4.69) is 10.5 Å². The lowest BCUT2D eigenvalue weighted by Crippen LogP contribution is -2.34. The van der Waals surface area contributed by atoms with Crippen molar-refractivity contribution in [3.05, 3.63) is 11.8 Å². The maximum Gasteiger partial charge on any atom is 0.254 e. The van der Waals surface area contributed by atoms with E-state index in [1.165, 1.54) is 0 Å². The van der Waals surface area contributed by atoms with Crippen LogP contribution < -0.4 is 5.32 Å². The number of nitrogens with zero attached hydrogens (tertiary/aromatic N) is 2. The number of alkyl halides is 2. The fourth-order valence-corrected chi connectivity index (χ4v) is 3.43. The first kappa shape index (κ1) is 14.4. The first-order valence-corrected chi connectivity index (χ1v) is 7.15. The molecule has 116 valence electrons. The number of likely N-dealkylation sites (N-methyl/N-ethyl adjacent to an activating group) is 1. The quantitative estimate of drug-likeness (QED) is 0.905. The molecule has 5 nitrogen and oxygen atoms in total. The Morgan fingerprint density at radius 3 is 2.76 bits per heavy atom. The molecule has 0 radical (unpaired) electrons. The van der Waals surface area contributed by atoms with Crippen LogP contribution in [0.4, 0.5) is 14.6 Å². The van der Waals surface area contributed by atoms with E-state index < -0.39 is 17.8 Å². The molecule has 2 saturated carbocycles. The number of nitrogens with one attached hydrogen (secondary N) is 1. The summed E-state index contributed by atoms with van der Waals surface area (Å²) in [4.78, 5) is 13.7. The Bertz CT molecular complexity index is 532. The number of hydrogen-bond acceptors (Lipinski definition) is 4. The van der Waals surface area contributed by atoms with Crippen LogP contribution in [0.1, 0.15) is 18.6 Å². The zero-order valence-electron chi connectivity index (χ0n) is 12.1. The molecule has 1 aromatic rings. The third-order valence-electron chi connectivity index (χ3n) is 4.42. The molecule has 3 rings (SSSR count). The van der Waals surface area contributed by atoms with Gasteiger partial charge in [-0.05, 0) is 32.7 Å². The summed E-state index contributed by atoms with van der Waals surface area (Å²) in [6.45, 7) is 2.64. The first-order valence-electron chi connectivity index (χ1n) is 7.15. The Balaban J connectivity index is 1.40. The molecule has 1 N–H and O–H groups in total. The van der Waals surface area contributed by atoms with Crippen molar-refractivity contribution in [2.24, 2.45) is 17.8 Å². The molecule has 0 spiro atoms. The van der Waals surface area contributed by atoms with Crippen molar-refractivity contribution >= 4 is 11.7 Å². The molecule has 0 saturated heterocycles. The standard InChI is InChI=1S/C14H19F2N3O2/c1-8-3-12(18-21-8)17-13(20)7-19(2)6-9-4-10-11(5-9)14(10,15)16/h3,9-11H,4-7H2,1-2H3,(H,17,18,20). The summed E-state index contributed by atoms with van der Waals surface area (Å²) in [6, 6.07) is 1.64. The third kappa shape index (κ3) is 2.92. The van der Waals surface area contributed by atoms with E-state index in [9.17, 15) is 13.6 Å². The monoisotopic (exact) mass is 299 g/mol.